The summed E-state index contributed by atoms with van der Waals surface area (Å²) in [6.45, 7) is 0.381. The van der Waals surface area contributed by atoms with E-state index in [9.17, 15) is 18.3 Å². The number of hydrogen-bond acceptors (Lipinski definition) is 6. The maximum Gasteiger partial charge on any atom is 0.306 e. The molecule has 0 aromatic carbocycles. The van der Waals surface area contributed by atoms with E-state index in [0.29, 0.717) is 6.61 Å². The zero-order valence-electron chi connectivity index (χ0n) is 11.1. The van der Waals surface area contributed by atoms with Gasteiger partial charge in [0.25, 0.3) is 10.2 Å². The Balaban J connectivity index is 2.69. The van der Waals surface area contributed by atoms with Crippen molar-refractivity contribution in [3.8, 4) is 0 Å². The number of carbonyl (C=O) groups excluding carboxylic acids is 1. The van der Waals surface area contributed by atoms with E-state index in [1.54, 1.807) is 0 Å². The summed E-state index contributed by atoms with van der Waals surface area (Å²) in [5.41, 5.74) is 0. The summed E-state index contributed by atoms with van der Waals surface area (Å²) in [5, 5.41) is 9.18. The van der Waals surface area contributed by atoms with E-state index in [0.717, 1.165) is 4.31 Å². The number of carbonyl (C=O) groups is 1. The standard InChI is InChI=1S/C10H20N2O6S/c1-11(4-3-10(14)17-2)19(15,16)12-5-6-18-8-9(12)7-13/h9,13H,3-8H2,1-2H3. The Kier molecular flexibility index (Phi) is 6.14. The van der Waals surface area contributed by atoms with Crippen LogP contribution in [-0.4, -0.2) is 81.2 Å². The maximum absolute atomic E-state index is 12.3. The van der Waals surface area contributed by atoms with Crippen molar-refractivity contribution in [1.82, 2.24) is 8.61 Å². The molecule has 9 heteroatoms. The Hall–Kier alpha value is -0.740. The minimum Gasteiger partial charge on any atom is -0.469 e. The molecule has 1 saturated heterocycles. The van der Waals surface area contributed by atoms with Crippen LogP contribution in [0, 0.1) is 0 Å². The Bertz CT molecular complexity index is 399. The van der Waals surface area contributed by atoms with Crippen LogP contribution in [0.5, 0.6) is 0 Å². The third kappa shape index (κ3) is 4.11. The topological polar surface area (TPSA) is 96.4 Å². The average molecular weight is 296 g/mol. The first-order valence-corrected chi connectivity index (χ1v) is 7.31. The maximum atomic E-state index is 12.3. The molecule has 1 heterocycles. The van der Waals surface area contributed by atoms with Crippen LogP contribution in [0.25, 0.3) is 0 Å². The summed E-state index contributed by atoms with van der Waals surface area (Å²) >= 11 is 0. The van der Waals surface area contributed by atoms with E-state index in [1.807, 2.05) is 0 Å². The van der Waals surface area contributed by atoms with Crippen LogP contribution >= 0.6 is 0 Å². The lowest BCUT2D eigenvalue weighted by molar-refractivity contribution is -0.140. The summed E-state index contributed by atoms with van der Waals surface area (Å²) in [7, 11) is -1.07. The fourth-order valence-electron chi connectivity index (χ4n) is 1.73. The van der Waals surface area contributed by atoms with Gasteiger partial charge in [-0.2, -0.15) is 17.0 Å². The van der Waals surface area contributed by atoms with Crippen molar-refractivity contribution in [3.05, 3.63) is 0 Å². The second-order valence-corrected chi connectivity index (χ2v) is 6.17. The van der Waals surface area contributed by atoms with E-state index < -0.39 is 22.2 Å². The Labute approximate surface area is 113 Å². The van der Waals surface area contributed by atoms with Gasteiger partial charge in [-0.1, -0.05) is 0 Å². The van der Waals surface area contributed by atoms with E-state index in [-0.39, 0.29) is 32.7 Å². The van der Waals surface area contributed by atoms with Gasteiger partial charge in [0, 0.05) is 20.1 Å². The predicted octanol–water partition coefficient (Wildman–Crippen LogP) is -1.58. The first kappa shape index (κ1) is 16.3. The van der Waals surface area contributed by atoms with Crippen molar-refractivity contribution >= 4 is 16.2 Å². The highest BCUT2D eigenvalue weighted by Crippen LogP contribution is 2.15. The molecule has 0 amide bonds. The van der Waals surface area contributed by atoms with Crippen LogP contribution in [0.2, 0.25) is 0 Å². The fraction of sp³-hybridized carbons (Fsp3) is 0.900. The van der Waals surface area contributed by atoms with Gasteiger partial charge in [-0.05, 0) is 0 Å². The molecule has 19 heavy (non-hydrogen) atoms. The second kappa shape index (κ2) is 7.15. The first-order chi connectivity index (χ1) is 8.93. The monoisotopic (exact) mass is 296 g/mol. The number of ether oxygens (including phenoxy) is 2. The van der Waals surface area contributed by atoms with E-state index in [4.69, 9.17) is 4.74 Å². The number of morpholine rings is 1. The quantitative estimate of drug-likeness (QED) is 0.594. The molecule has 1 N–H and O–H groups in total. The van der Waals surface area contributed by atoms with Crippen molar-refractivity contribution in [2.24, 2.45) is 0 Å². The molecule has 1 fully saturated rings. The minimum atomic E-state index is -3.71. The van der Waals surface area contributed by atoms with Crippen LogP contribution in [0.1, 0.15) is 6.42 Å². The third-order valence-corrected chi connectivity index (χ3v) is 4.98. The van der Waals surface area contributed by atoms with Gasteiger partial charge < -0.3 is 14.6 Å². The van der Waals surface area contributed by atoms with E-state index in [1.165, 1.54) is 18.5 Å². The van der Waals surface area contributed by atoms with Crippen LogP contribution in [0.4, 0.5) is 0 Å². The molecule has 0 radical (unpaired) electrons. The Morgan fingerprint density at radius 1 is 1.58 bits per heavy atom. The highest BCUT2D eigenvalue weighted by atomic mass is 32.2. The zero-order chi connectivity index (χ0) is 14.5. The molecule has 112 valence electrons. The summed E-state index contributed by atoms with van der Waals surface area (Å²) < 4.78 is 36.5. The first-order valence-electron chi connectivity index (χ1n) is 5.92. The molecule has 1 atom stereocenters. The summed E-state index contributed by atoms with van der Waals surface area (Å²) in [6.07, 6.45) is -0.0135. The molecule has 8 nitrogen and oxygen atoms in total. The lowest BCUT2D eigenvalue weighted by Gasteiger charge is -2.35. The van der Waals surface area contributed by atoms with Crippen LogP contribution in [0.3, 0.4) is 0 Å². The SMILES string of the molecule is COC(=O)CCN(C)S(=O)(=O)N1CCOCC1CO. The number of nitrogens with zero attached hydrogens (tertiary/aromatic N) is 2. The minimum absolute atomic E-state index is 0.0135. The summed E-state index contributed by atoms with van der Waals surface area (Å²) in [4.78, 5) is 11.0. The molecule has 1 aliphatic heterocycles. The van der Waals surface area contributed by atoms with Crippen LogP contribution < -0.4 is 0 Å². The van der Waals surface area contributed by atoms with Gasteiger partial charge in [-0.15, -0.1) is 0 Å². The Morgan fingerprint density at radius 3 is 2.84 bits per heavy atom. The molecule has 0 saturated carbocycles. The van der Waals surface area contributed by atoms with E-state index in [2.05, 4.69) is 4.74 Å². The molecule has 1 unspecified atom stereocenters. The highest BCUT2D eigenvalue weighted by molar-refractivity contribution is 7.86. The van der Waals surface area contributed by atoms with Crippen molar-refractivity contribution in [2.45, 2.75) is 12.5 Å². The number of aliphatic hydroxyl groups excluding tert-OH is 1. The van der Waals surface area contributed by atoms with Gasteiger partial charge in [0.2, 0.25) is 0 Å². The molecule has 0 aromatic rings. The highest BCUT2D eigenvalue weighted by Gasteiger charge is 2.35. The molecule has 0 aliphatic carbocycles. The summed E-state index contributed by atoms with van der Waals surface area (Å²) in [5.74, 6) is -0.470. The molecular formula is C10H20N2O6S. The largest absolute Gasteiger partial charge is 0.469 e. The van der Waals surface area contributed by atoms with Crippen molar-refractivity contribution in [2.75, 3.05) is 47.1 Å². The number of esters is 1. The average Bonchev–Trinajstić information content (AvgIpc) is 2.43. The summed E-state index contributed by atoms with van der Waals surface area (Å²) in [6, 6.07) is -0.584. The van der Waals surface area contributed by atoms with E-state index >= 15 is 0 Å². The van der Waals surface area contributed by atoms with Gasteiger partial charge in [0.15, 0.2) is 0 Å². The van der Waals surface area contributed by atoms with Gasteiger partial charge in [-0.3, -0.25) is 4.79 Å². The number of aliphatic hydroxyl groups is 1. The van der Waals surface area contributed by atoms with Crippen molar-refractivity contribution < 1.29 is 27.8 Å². The molecule has 0 aromatic heterocycles. The second-order valence-electron chi connectivity index (χ2n) is 4.18. The van der Waals surface area contributed by atoms with Crippen molar-refractivity contribution in [3.63, 3.8) is 0 Å². The molecule has 1 rings (SSSR count). The normalized spacial score (nSPS) is 21.6. The van der Waals surface area contributed by atoms with Gasteiger partial charge in [0.1, 0.15) is 0 Å². The fourth-order valence-corrected chi connectivity index (χ4v) is 3.22. The van der Waals surface area contributed by atoms with Gasteiger partial charge >= 0.3 is 5.97 Å². The number of hydrogen-bond donors (Lipinski definition) is 1. The molecule has 0 bridgehead atoms. The third-order valence-electron chi connectivity index (χ3n) is 2.93. The number of rotatable bonds is 6. The van der Waals surface area contributed by atoms with Gasteiger partial charge in [0.05, 0.1) is 39.4 Å². The molecule has 1 aliphatic rings. The van der Waals surface area contributed by atoms with Gasteiger partial charge in [-0.25, -0.2) is 0 Å². The molecule has 0 spiro atoms. The zero-order valence-corrected chi connectivity index (χ0v) is 11.9. The van der Waals surface area contributed by atoms with Crippen LogP contribution in [-0.2, 0) is 24.5 Å². The number of methoxy groups -OCH3 is 1. The van der Waals surface area contributed by atoms with Crippen molar-refractivity contribution in [1.29, 1.82) is 0 Å². The predicted molar refractivity (Wildman–Crippen MR) is 66.6 cm³/mol. The smallest absolute Gasteiger partial charge is 0.306 e. The lowest BCUT2D eigenvalue weighted by atomic mass is 10.3. The molecular weight excluding hydrogens is 276 g/mol. The Morgan fingerprint density at radius 2 is 2.26 bits per heavy atom. The lowest BCUT2D eigenvalue weighted by Crippen LogP contribution is -2.54. The van der Waals surface area contributed by atoms with Crippen LogP contribution in [0.15, 0.2) is 0 Å².